The van der Waals surface area contributed by atoms with Gasteiger partial charge in [-0.2, -0.15) is 0 Å². The number of aryl methyl sites for hydroxylation is 2. The van der Waals surface area contributed by atoms with Gasteiger partial charge in [-0.15, -0.1) is 0 Å². The Morgan fingerprint density at radius 2 is 1.24 bits per heavy atom. The fraction of sp³-hybridized carbons (Fsp3) is 0.111. The van der Waals surface area contributed by atoms with Gasteiger partial charge in [-0.25, -0.2) is 0 Å². The van der Waals surface area contributed by atoms with Crippen LogP contribution in [0.5, 0.6) is 0 Å². The second kappa shape index (κ2) is 5.02. The van der Waals surface area contributed by atoms with Crippen LogP contribution in [-0.2, 0) is 0 Å². The van der Waals surface area contributed by atoms with Crippen molar-refractivity contribution in [1.29, 1.82) is 0 Å². The van der Waals surface area contributed by atoms with Crippen molar-refractivity contribution >= 4 is 11.4 Å². The standard InChI is InChI=1S/C18H15NO2/c1-11-3-7-13(8-4-11)15-16(18(21)17(15)20)19-14-9-5-12(2)6-10-14/h3-10,19H,1-2H3. The summed E-state index contributed by atoms with van der Waals surface area (Å²) in [5.74, 6) is 0. The number of rotatable bonds is 3. The van der Waals surface area contributed by atoms with Crippen LogP contribution < -0.4 is 16.2 Å². The third-order valence-electron chi connectivity index (χ3n) is 3.57. The maximum atomic E-state index is 11.9. The van der Waals surface area contributed by atoms with E-state index in [2.05, 4.69) is 5.32 Å². The SMILES string of the molecule is Cc1ccc(Nc2c(-c3ccc(C)cc3)c(=O)c2=O)cc1. The molecule has 0 bridgehead atoms. The first kappa shape index (κ1) is 13.3. The Morgan fingerprint density at radius 1 is 0.714 bits per heavy atom. The molecule has 0 aromatic heterocycles. The van der Waals surface area contributed by atoms with Gasteiger partial charge in [0, 0.05) is 5.69 Å². The van der Waals surface area contributed by atoms with Crippen LogP contribution in [0.25, 0.3) is 11.1 Å². The van der Waals surface area contributed by atoms with E-state index in [0.717, 1.165) is 22.4 Å². The van der Waals surface area contributed by atoms with Gasteiger partial charge in [0.1, 0.15) is 5.69 Å². The van der Waals surface area contributed by atoms with E-state index >= 15 is 0 Å². The van der Waals surface area contributed by atoms with Crippen LogP contribution in [0.2, 0.25) is 0 Å². The number of hydrogen-bond acceptors (Lipinski definition) is 3. The van der Waals surface area contributed by atoms with Gasteiger partial charge in [0.2, 0.25) is 5.43 Å². The molecule has 3 aromatic carbocycles. The zero-order chi connectivity index (χ0) is 15.0. The Morgan fingerprint density at radius 3 is 1.81 bits per heavy atom. The van der Waals surface area contributed by atoms with Crippen LogP contribution in [-0.4, -0.2) is 0 Å². The Labute approximate surface area is 122 Å². The molecule has 0 aliphatic carbocycles. The highest BCUT2D eigenvalue weighted by atomic mass is 16.2. The Kier molecular flexibility index (Phi) is 3.18. The fourth-order valence-corrected chi connectivity index (χ4v) is 2.29. The Balaban J connectivity index is 1.99. The van der Waals surface area contributed by atoms with E-state index in [1.807, 2.05) is 62.4 Å². The van der Waals surface area contributed by atoms with Gasteiger partial charge in [0.05, 0.1) is 5.56 Å². The Bertz CT molecular complexity index is 852. The van der Waals surface area contributed by atoms with Crippen LogP contribution in [0.3, 0.4) is 0 Å². The lowest BCUT2D eigenvalue weighted by atomic mass is 9.97. The molecule has 3 heteroatoms. The highest BCUT2D eigenvalue weighted by Gasteiger charge is 2.22. The second-order valence-electron chi connectivity index (χ2n) is 5.27. The van der Waals surface area contributed by atoms with Gasteiger partial charge in [-0.3, -0.25) is 9.59 Å². The molecule has 0 aliphatic rings. The van der Waals surface area contributed by atoms with Gasteiger partial charge in [0.25, 0.3) is 5.43 Å². The van der Waals surface area contributed by atoms with Crippen molar-refractivity contribution < 1.29 is 0 Å². The summed E-state index contributed by atoms with van der Waals surface area (Å²) in [5, 5.41) is 3.06. The smallest absolute Gasteiger partial charge is 0.250 e. The minimum Gasteiger partial charge on any atom is -0.352 e. The van der Waals surface area contributed by atoms with Crippen LogP contribution in [0.4, 0.5) is 11.4 Å². The molecule has 0 saturated carbocycles. The molecule has 3 rings (SSSR count). The zero-order valence-electron chi connectivity index (χ0n) is 11.9. The highest BCUT2D eigenvalue weighted by molar-refractivity contribution is 5.84. The van der Waals surface area contributed by atoms with Crippen molar-refractivity contribution in [3.05, 3.63) is 80.1 Å². The first-order chi connectivity index (χ1) is 10.1. The van der Waals surface area contributed by atoms with Gasteiger partial charge in [0.15, 0.2) is 0 Å². The molecular formula is C18H15NO2. The van der Waals surface area contributed by atoms with Crippen LogP contribution >= 0.6 is 0 Å². The van der Waals surface area contributed by atoms with E-state index in [9.17, 15) is 9.59 Å². The predicted octanol–water partition coefficient (Wildman–Crippen LogP) is 3.31. The first-order valence-corrected chi connectivity index (χ1v) is 6.80. The summed E-state index contributed by atoms with van der Waals surface area (Å²) in [6.07, 6.45) is 0. The van der Waals surface area contributed by atoms with Gasteiger partial charge < -0.3 is 5.32 Å². The zero-order valence-corrected chi connectivity index (χ0v) is 11.9. The first-order valence-electron chi connectivity index (χ1n) is 6.80. The molecule has 0 heterocycles. The molecule has 0 amide bonds. The monoisotopic (exact) mass is 277 g/mol. The lowest BCUT2D eigenvalue weighted by Gasteiger charge is -2.13. The van der Waals surface area contributed by atoms with Crippen molar-refractivity contribution in [2.45, 2.75) is 13.8 Å². The topological polar surface area (TPSA) is 46.2 Å². The lowest BCUT2D eigenvalue weighted by Crippen LogP contribution is -2.35. The van der Waals surface area contributed by atoms with E-state index in [0.29, 0.717) is 11.3 Å². The molecule has 21 heavy (non-hydrogen) atoms. The normalized spacial score (nSPS) is 10.8. The van der Waals surface area contributed by atoms with E-state index in [1.165, 1.54) is 0 Å². The van der Waals surface area contributed by atoms with Crippen molar-refractivity contribution in [3.8, 4) is 11.1 Å². The van der Waals surface area contributed by atoms with Crippen LogP contribution in [0.1, 0.15) is 11.1 Å². The molecular weight excluding hydrogens is 262 g/mol. The van der Waals surface area contributed by atoms with Gasteiger partial charge in [-0.1, -0.05) is 47.5 Å². The van der Waals surface area contributed by atoms with Crippen LogP contribution in [0, 0.1) is 13.8 Å². The summed E-state index contributed by atoms with van der Waals surface area (Å²) in [4.78, 5) is 23.7. The second-order valence-corrected chi connectivity index (χ2v) is 5.27. The molecule has 0 unspecified atom stereocenters. The summed E-state index contributed by atoms with van der Waals surface area (Å²) >= 11 is 0. The molecule has 1 N–H and O–H groups in total. The third kappa shape index (κ3) is 2.38. The summed E-state index contributed by atoms with van der Waals surface area (Å²) in [6, 6.07) is 15.3. The summed E-state index contributed by atoms with van der Waals surface area (Å²) in [6.45, 7) is 3.98. The third-order valence-corrected chi connectivity index (χ3v) is 3.57. The van der Waals surface area contributed by atoms with Crippen LogP contribution in [0.15, 0.2) is 58.1 Å². The molecule has 0 fully saturated rings. The maximum Gasteiger partial charge on any atom is 0.250 e. The summed E-state index contributed by atoms with van der Waals surface area (Å²) in [5.41, 5.74) is 3.82. The molecule has 0 radical (unpaired) electrons. The number of benzene rings is 2. The Hall–Kier alpha value is -2.68. The highest BCUT2D eigenvalue weighted by Crippen LogP contribution is 2.26. The van der Waals surface area contributed by atoms with Gasteiger partial charge in [-0.05, 0) is 31.5 Å². The van der Waals surface area contributed by atoms with E-state index in [4.69, 9.17) is 0 Å². The number of nitrogens with one attached hydrogen (secondary N) is 1. The lowest BCUT2D eigenvalue weighted by molar-refractivity contribution is 1.36. The summed E-state index contributed by atoms with van der Waals surface area (Å²) < 4.78 is 0. The minimum atomic E-state index is -0.453. The van der Waals surface area contributed by atoms with Crippen molar-refractivity contribution in [2.75, 3.05) is 5.32 Å². The van der Waals surface area contributed by atoms with Gasteiger partial charge >= 0.3 is 0 Å². The quantitative estimate of drug-likeness (QED) is 0.747. The number of hydrogen-bond donors (Lipinski definition) is 1. The maximum absolute atomic E-state index is 11.9. The van der Waals surface area contributed by atoms with Crippen molar-refractivity contribution in [1.82, 2.24) is 0 Å². The molecule has 0 saturated heterocycles. The minimum absolute atomic E-state index is 0.382. The molecule has 0 atom stereocenters. The van der Waals surface area contributed by atoms with E-state index in [-0.39, 0.29) is 0 Å². The summed E-state index contributed by atoms with van der Waals surface area (Å²) in [7, 11) is 0. The molecule has 0 aliphatic heterocycles. The van der Waals surface area contributed by atoms with E-state index < -0.39 is 10.9 Å². The average Bonchev–Trinajstić information content (AvgIpc) is 2.50. The average molecular weight is 277 g/mol. The predicted molar refractivity (Wildman–Crippen MR) is 86.0 cm³/mol. The molecule has 3 aromatic rings. The fourth-order valence-electron chi connectivity index (χ4n) is 2.29. The molecule has 3 nitrogen and oxygen atoms in total. The van der Waals surface area contributed by atoms with Crippen molar-refractivity contribution in [2.24, 2.45) is 0 Å². The molecule has 104 valence electrons. The van der Waals surface area contributed by atoms with Crippen molar-refractivity contribution in [3.63, 3.8) is 0 Å². The number of anilines is 2. The largest absolute Gasteiger partial charge is 0.352 e. The van der Waals surface area contributed by atoms with E-state index in [1.54, 1.807) is 0 Å². The molecule has 0 spiro atoms.